The van der Waals surface area contributed by atoms with E-state index in [1.807, 2.05) is 13.8 Å². The fourth-order valence-electron chi connectivity index (χ4n) is 1.92. The molecule has 0 unspecified atom stereocenters. The Morgan fingerprint density at radius 3 is 2.48 bits per heavy atom. The minimum atomic E-state index is -3.71. The predicted octanol–water partition coefficient (Wildman–Crippen LogP) is 1.98. The van der Waals surface area contributed by atoms with Gasteiger partial charge in [-0.1, -0.05) is 13.8 Å². The summed E-state index contributed by atoms with van der Waals surface area (Å²) in [6, 6.07) is 3.86. The number of sulfonamides is 1. The molecule has 8 heteroatoms. The van der Waals surface area contributed by atoms with Crippen molar-refractivity contribution in [2.45, 2.75) is 26.9 Å². The maximum atomic E-state index is 12.2. The predicted molar refractivity (Wildman–Crippen MR) is 87.1 cm³/mol. The summed E-state index contributed by atoms with van der Waals surface area (Å²) in [6.45, 7) is 5.59. The minimum Gasteiger partial charge on any atom is -0.506 e. The van der Waals surface area contributed by atoms with Crippen molar-refractivity contribution in [1.82, 2.24) is 0 Å². The first-order chi connectivity index (χ1) is 10.7. The molecule has 0 heterocycles. The molecule has 2 N–H and O–H groups in total. The number of carbonyl (C=O) groups is 1. The molecule has 1 rings (SSSR count). The average molecular weight is 345 g/mol. The van der Waals surface area contributed by atoms with Gasteiger partial charge < -0.3 is 14.6 Å². The number of phenols is 1. The van der Waals surface area contributed by atoms with Gasteiger partial charge in [0.25, 0.3) is 0 Å². The molecule has 1 aromatic rings. The highest BCUT2D eigenvalue weighted by Crippen LogP contribution is 2.26. The topological polar surface area (TPSA) is 102 Å². The molecule has 0 radical (unpaired) electrons. The highest BCUT2D eigenvalue weighted by molar-refractivity contribution is 7.92. The van der Waals surface area contributed by atoms with Gasteiger partial charge in [-0.15, -0.1) is 0 Å². The lowest BCUT2D eigenvalue weighted by atomic mass is 10.1. The number of benzene rings is 1. The van der Waals surface area contributed by atoms with Crippen molar-refractivity contribution in [2.24, 2.45) is 5.92 Å². The third kappa shape index (κ3) is 5.72. The summed E-state index contributed by atoms with van der Waals surface area (Å²) in [4.78, 5) is 11.6. The van der Waals surface area contributed by atoms with Crippen molar-refractivity contribution in [3.8, 4) is 5.75 Å². The van der Waals surface area contributed by atoms with Crippen LogP contribution in [0.5, 0.6) is 5.75 Å². The van der Waals surface area contributed by atoms with Crippen molar-refractivity contribution in [3.63, 3.8) is 0 Å². The minimum absolute atomic E-state index is 0.00309. The van der Waals surface area contributed by atoms with E-state index in [1.165, 1.54) is 19.2 Å². The second kappa shape index (κ2) is 8.16. The zero-order chi connectivity index (χ0) is 17.6. The van der Waals surface area contributed by atoms with Gasteiger partial charge in [0, 0.05) is 7.11 Å². The Balaban J connectivity index is 2.90. The number of rotatable bonds is 8. The van der Waals surface area contributed by atoms with E-state index in [2.05, 4.69) is 4.72 Å². The van der Waals surface area contributed by atoms with Gasteiger partial charge in [0.05, 0.1) is 29.7 Å². The number of esters is 1. The van der Waals surface area contributed by atoms with Crippen LogP contribution in [-0.2, 0) is 19.5 Å². The van der Waals surface area contributed by atoms with Crippen LogP contribution in [-0.4, -0.2) is 45.1 Å². The van der Waals surface area contributed by atoms with Crippen molar-refractivity contribution in [1.29, 1.82) is 0 Å². The Morgan fingerprint density at radius 1 is 1.35 bits per heavy atom. The Hall–Kier alpha value is -1.80. The number of aromatic hydroxyl groups is 1. The van der Waals surface area contributed by atoms with E-state index in [4.69, 9.17) is 9.47 Å². The molecule has 0 amide bonds. The second-order valence-electron chi connectivity index (χ2n) is 5.35. The smallest absolute Gasteiger partial charge is 0.338 e. The Kier molecular flexibility index (Phi) is 6.83. The Labute approximate surface area is 136 Å². The molecule has 7 nitrogen and oxygen atoms in total. The molecule has 0 fully saturated rings. The van der Waals surface area contributed by atoms with Crippen molar-refractivity contribution in [3.05, 3.63) is 23.8 Å². The molecule has 0 aromatic heterocycles. The molecule has 23 heavy (non-hydrogen) atoms. The summed E-state index contributed by atoms with van der Waals surface area (Å²) in [5.41, 5.74) is 0.140. The summed E-state index contributed by atoms with van der Waals surface area (Å²) in [7, 11) is -2.26. The number of phenolic OH excluding ortho intramolecular Hbond substituents is 1. The molecule has 0 aliphatic carbocycles. The number of nitrogens with one attached hydrogen (secondary N) is 1. The first-order valence-corrected chi connectivity index (χ1v) is 8.88. The van der Waals surface area contributed by atoms with Gasteiger partial charge in [-0.2, -0.15) is 0 Å². The monoisotopic (exact) mass is 345 g/mol. The largest absolute Gasteiger partial charge is 0.506 e. The summed E-state index contributed by atoms with van der Waals surface area (Å²) in [5.74, 6) is -1.15. The highest BCUT2D eigenvalue weighted by atomic mass is 32.2. The van der Waals surface area contributed by atoms with Gasteiger partial charge >= 0.3 is 5.97 Å². The number of hydrogen-bond donors (Lipinski definition) is 2. The third-order valence-corrected chi connectivity index (χ3v) is 4.50. The lowest BCUT2D eigenvalue weighted by molar-refractivity contribution is 0.0526. The second-order valence-corrected chi connectivity index (χ2v) is 7.12. The molecule has 0 saturated heterocycles. The lowest BCUT2D eigenvalue weighted by Gasteiger charge is -2.19. The van der Waals surface area contributed by atoms with E-state index < -0.39 is 22.1 Å². The van der Waals surface area contributed by atoms with E-state index >= 15 is 0 Å². The van der Waals surface area contributed by atoms with Gasteiger partial charge in [0.1, 0.15) is 5.75 Å². The Morgan fingerprint density at radius 2 is 2.00 bits per heavy atom. The van der Waals surface area contributed by atoms with Crippen LogP contribution >= 0.6 is 0 Å². The summed E-state index contributed by atoms with van der Waals surface area (Å²) in [5, 5.41) is 9.91. The van der Waals surface area contributed by atoms with Crippen LogP contribution in [0, 0.1) is 5.92 Å². The molecule has 0 spiro atoms. The maximum absolute atomic E-state index is 12.2. The lowest BCUT2D eigenvalue weighted by Crippen LogP contribution is -2.31. The molecule has 0 aliphatic heterocycles. The molecule has 130 valence electrons. The van der Waals surface area contributed by atoms with Crippen molar-refractivity contribution in [2.75, 3.05) is 24.2 Å². The fourth-order valence-corrected chi connectivity index (χ4v) is 3.46. The fraction of sp³-hybridized carbons (Fsp3) is 0.533. The first kappa shape index (κ1) is 19.2. The van der Waals surface area contributed by atoms with Gasteiger partial charge in [0.2, 0.25) is 10.0 Å². The highest BCUT2D eigenvalue weighted by Gasteiger charge is 2.23. The SMILES string of the molecule is CCOC(=O)c1ccc(NS(=O)(=O)C[C@@H](OC)C(C)C)c(O)c1. The summed E-state index contributed by atoms with van der Waals surface area (Å²) >= 11 is 0. The van der Waals surface area contributed by atoms with E-state index in [0.717, 1.165) is 6.07 Å². The normalized spacial score (nSPS) is 12.9. The maximum Gasteiger partial charge on any atom is 0.338 e. The van der Waals surface area contributed by atoms with E-state index in [-0.39, 0.29) is 35.3 Å². The molecule has 1 atom stereocenters. The average Bonchev–Trinajstić information content (AvgIpc) is 2.46. The van der Waals surface area contributed by atoms with Crippen LogP contribution in [0.15, 0.2) is 18.2 Å². The molecular formula is C15H23NO6S. The third-order valence-electron chi connectivity index (χ3n) is 3.20. The van der Waals surface area contributed by atoms with Crippen molar-refractivity contribution >= 4 is 21.7 Å². The number of anilines is 1. The van der Waals surface area contributed by atoms with E-state index in [1.54, 1.807) is 6.92 Å². The molecular weight excluding hydrogens is 322 g/mol. The van der Waals surface area contributed by atoms with Crippen LogP contribution in [0.2, 0.25) is 0 Å². The molecule has 0 bridgehead atoms. The Bertz CT molecular complexity index is 641. The van der Waals surface area contributed by atoms with E-state index in [0.29, 0.717) is 0 Å². The summed E-state index contributed by atoms with van der Waals surface area (Å²) < 4.78 is 36.6. The molecule has 0 aliphatic rings. The number of ether oxygens (including phenoxy) is 2. The first-order valence-electron chi connectivity index (χ1n) is 7.23. The summed E-state index contributed by atoms with van der Waals surface area (Å²) in [6.07, 6.45) is -0.464. The quantitative estimate of drug-likeness (QED) is 0.552. The van der Waals surface area contributed by atoms with E-state index in [9.17, 15) is 18.3 Å². The molecule has 1 aromatic carbocycles. The van der Waals surface area contributed by atoms with Gasteiger partial charge in [0.15, 0.2) is 0 Å². The van der Waals surface area contributed by atoms with Crippen LogP contribution in [0.1, 0.15) is 31.1 Å². The van der Waals surface area contributed by atoms with Crippen LogP contribution < -0.4 is 4.72 Å². The number of hydrogen-bond acceptors (Lipinski definition) is 6. The standard InChI is InChI=1S/C15H23NO6S/c1-5-22-15(18)11-6-7-12(13(17)8-11)16-23(19,20)9-14(21-4)10(2)3/h6-8,10,14,16-17H,5,9H2,1-4H3/t14-/m1/s1. The van der Waals surface area contributed by atoms with Crippen LogP contribution in [0.4, 0.5) is 5.69 Å². The van der Waals surface area contributed by atoms with Crippen molar-refractivity contribution < 1.29 is 27.8 Å². The van der Waals surface area contributed by atoms with Gasteiger partial charge in [-0.3, -0.25) is 4.72 Å². The van der Waals surface area contributed by atoms with Gasteiger partial charge in [-0.25, -0.2) is 13.2 Å². The van der Waals surface area contributed by atoms with Crippen LogP contribution in [0.3, 0.4) is 0 Å². The van der Waals surface area contributed by atoms with Crippen LogP contribution in [0.25, 0.3) is 0 Å². The number of carbonyl (C=O) groups excluding carboxylic acids is 1. The zero-order valence-electron chi connectivity index (χ0n) is 13.7. The van der Waals surface area contributed by atoms with Gasteiger partial charge in [-0.05, 0) is 31.0 Å². The zero-order valence-corrected chi connectivity index (χ0v) is 14.5. The number of methoxy groups -OCH3 is 1. The molecule has 0 saturated carbocycles.